The third kappa shape index (κ3) is 6.36. The molecule has 42 heavy (non-hydrogen) atoms. The maximum atomic E-state index is 14.6. The van der Waals surface area contributed by atoms with Crippen molar-refractivity contribution in [2.24, 2.45) is 0 Å². The quantitative estimate of drug-likeness (QED) is 0.196. The van der Waals surface area contributed by atoms with Crippen LogP contribution in [0.15, 0.2) is 72.9 Å². The van der Waals surface area contributed by atoms with Gasteiger partial charge in [0.25, 0.3) is 11.8 Å². The third-order valence-electron chi connectivity index (χ3n) is 7.21. The number of carbonyl (C=O) groups excluding carboxylic acids is 3. The molecule has 2 aromatic heterocycles. The lowest BCUT2D eigenvalue weighted by Gasteiger charge is -2.32. The topological polar surface area (TPSA) is 100 Å². The maximum absolute atomic E-state index is 14.6. The van der Waals surface area contributed by atoms with Crippen molar-refractivity contribution in [2.75, 3.05) is 17.7 Å². The van der Waals surface area contributed by atoms with Gasteiger partial charge < -0.3 is 15.2 Å². The molecule has 5 rings (SSSR count). The standard InChI is InChI=1S/C32H31ClFN5O3/c1-20-6-3-7-24(14-20)36-31(41)29-26-19-38(32(42)28-9-5-13-35-28)17-21(2)30(26)39(37-29)18-22-10-11-27(34)23(15-22)16-25(40)8-4-12-33/h3-11,13-15,21,35H,12,16-19H2,1-2H3,(H,36,41)/b8-4+. The minimum absolute atomic E-state index is 0.0966. The van der Waals surface area contributed by atoms with Gasteiger partial charge in [-0.05, 0) is 60.0 Å². The Hall–Kier alpha value is -4.50. The van der Waals surface area contributed by atoms with Gasteiger partial charge in [-0.25, -0.2) is 4.39 Å². The Balaban J connectivity index is 1.49. The third-order valence-corrected chi connectivity index (χ3v) is 7.39. The minimum Gasteiger partial charge on any atom is -0.357 e. The molecule has 0 bridgehead atoms. The Morgan fingerprint density at radius 3 is 2.74 bits per heavy atom. The second-order valence-corrected chi connectivity index (χ2v) is 10.8. The average molecular weight is 588 g/mol. The molecular weight excluding hydrogens is 557 g/mol. The van der Waals surface area contributed by atoms with E-state index in [1.807, 2.05) is 38.1 Å². The molecule has 2 amide bonds. The second-order valence-electron chi connectivity index (χ2n) is 10.5. The molecule has 1 atom stereocenters. The van der Waals surface area contributed by atoms with Crippen LogP contribution in [0.3, 0.4) is 0 Å². The Kier molecular flexibility index (Phi) is 8.68. The Morgan fingerprint density at radius 1 is 1.17 bits per heavy atom. The van der Waals surface area contributed by atoms with Crippen LogP contribution in [0.1, 0.15) is 61.8 Å². The van der Waals surface area contributed by atoms with E-state index in [1.165, 1.54) is 18.2 Å². The fourth-order valence-electron chi connectivity index (χ4n) is 5.35. The number of aromatic amines is 1. The van der Waals surface area contributed by atoms with Gasteiger partial charge in [0.15, 0.2) is 11.5 Å². The average Bonchev–Trinajstić information content (AvgIpc) is 3.62. The summed E-state index contributed by atoms with van der Waals surface area (Å²) in [6, 6.07) is 15.6. The highest BCUT2D eigenvalue weighted by molar-refractivity contribution is 6.19. The van der Waals surface area contributed by atoms with E-state index in [9.17, 15) is 18.8 Å². The zero-order valence-corrected chi connectivity index (χ0v) is 24.1. The van der Waals surface area contributed by atoms with Crippen LogP contribution in [0.5, 0.6) is 0 Å². The summed E-state index contributed by atoms with van der Waals surface area (Å²) in [7, 11) is 0. The molecule has 216 valence electrons. The van der Waals surface area contributed by atoms with Gasteiger partial charge in [0, 0.05) is 47.9 Å². The van der Waals surface area contributed by atoms with E-state index in [1.54, 1.807) is 40.0 Å². The van der Waals surface area contributed by atoms with E-state index in [2.05, 4.69) is 10.3 Å². The molecule has 2 aromatic carbocycles. The van der Waals surface area contributed by atoms with E-state index in [4.69, 9.17) is 16.7 Å². The molecule has 2 N–H and O–H groups in total. The SMILES string of the molecule is Cc1cccc(NC(=O)c2nn(Cc3ccc(F)c(CC(=O)/C=C/CCl)c3)c3c2CN(C(=O)c2ccc[nH]2)CC3C)c1. The van der Waals surface area contributed by atoms with Gasteiger partial charge in [0.2, 0.25) is 0 Å². The van der Waals surface area contributed by atoms with Crippen LogP contribution in [-0.2, 0) is 24.3 Å². The van der Waals surface area contributed by atoms with Crippen molar-refractivity contribution in [3.05, 3.63) is 118 Å². The molecule has 10 heteroatoms. The highest BCUT2D eigenvalue weighted by atomic mass is 35.5. The number of ketones is 1. The van der Waals surface area contributed by atoms with Gasteiger partial charge in [-0.15, -0.1) is 11.6 Å². The summed E-state index contributed by atoms with van der Waals surface area (Å²) in [6.45, 7) is 4.84. The van der Waals surface area contributed by atoms with Gasteiger partial charge in [0.05, 0.1) is 13.1 Å². The summed E-state index contributed by atoms with van der Waals surface area (Å²) in [5.74, 6) is -1.20. The first-order valence-corrected chi connectivity index (χ1v) is 14.2. The van der Waals surface area contributed by atoms with Gasteiger partial charge >= 0.3 is 0 Å². The predicted molar refractivity (Wildman–Crippen MR) is 159 cm³/mol. The number of anilines is 1. The number of carbonyl (C=O) groups is 3. The molecule has 8 nitrogen and oxygen atoms in total. The molecule has 3 heterocycles. The largest absolute Gasteiger partial charge is 0.357 e. The molecule has 0 spiro atoms. The lowest BCUT2D eigenvalue weighted by molar-refractivity contribution is -0.114. The number of aryl methyl sites for hydroxylation is 1. The van der Waals surface area contributed by atoms with Crippen LogP contribution >= 0.6 is 11.6 Å². The summed E-state index contributed by atoms with van der Waals surface area (Å²) in [4.78, 5) is 43.7. The minimum atomic E-state index is -0.473. The van der Waals surface area contributed by atoms with Crippen LogP contribution < -0.4 is 5.32 Å². The first kappa shape index (κ1) is 29.0. The lowest BCUT2D eigenvalue weighted by atomic mass is 9.95. The zero-order valence-electron chi connectivity index (χ0n) is 23.4. The van der Waals surface area contributed by atoms with Crippen LogP contribution in [0.2, 0.25) is 0 Å². The predicted octanol–water partition coefficient (Wildman–Crippen LogP) is 5.63. The molecule has 1 aliphatic rings. The van der Waals surface area contributed by atoms with Crippen molar-refractivity contribution >= 4 is 34.9 Å². The Labute approximate surface area is 248 Å². The van der Waals surface area contributed by atoms with Crippen molar-refractivity contribution < 1.29 is 18.8 Å². The molecule has 1 aliphatic heterocycles. The van der Waals surface area contributed by atoms with Crippen LogP contribution in [0, 0.1) is 12.7 Å². The number of nitrogens with zero attached hydrogens (tertiary/aromatic N) is 3. The molecule has 4 aromatic rings. The first-order chi connectivity index (χ1) is 20.2. The number of benzene rings is 2. The van der Waals surface area contributed by atoms with Crippen LogP contribution in [-0.4, -0.2) is 49.7 Å². The summed E-state index contributed by atoms with van der Waals surface area (Å²) in [6.07, 6.45) is 4.48. The monoisotopic (exact) mass is 587 g/mol. The number of nitrogens with one attached hydrogen (secondary N) is 2. The maximum Gasteiger partial charge on any atom is 0.276 e. The van der Waals surface area contributed by atoms with Crippen LogP contribution in [0.25, 0.3) is 0 Å². The Morgan fingerprint density at radius 2 is 2.00 bits per heavy atom. The first-order valence-electron chi connectivity index (χ1n) is 13.7. The summed E-state index contributed by atoms with van der Waals surface area (Å²) < 4.78 is 16.3. The van der Waals surface area contributed by atoms with E-state index in [0.29, 0.717) is 23.5 Å². The van der Waals surface area contributed by atoms with Crippen molar-refractivity contribution in [3.8, 4) is 0 Å². The van der Waals surface area contributed by atoms with E-state index < -0.39 is 5.82 Å². The normalized spacial score (nSPS) is 14.7. The number of fused-ring (bicyclic) bond motifs is 1. The molecular formula is C32H31ClFN5O3. The number of alkyl halides is 1. The number of H-pyrrole nitrogens is 1. The number of aromatic nitrogens is 3. The van der Waals surface area contributed by atoms with E-state index in [0.717, 1.165) is 16.8 Å². The number of allylic oxidation sites excluding steroid dienone is 2. The molecule has 1 unspecified atom stereocenters. The number of halogens is 2. The molecule has 0 fully saturated rings. The molecule has 0 saturated carbocycles. The van der Waals surface area contributed by atoms with Crippen LogP contribution in [0.4, 0.5) is 10.1 Å². The fourth-order valence-corrected chi connectivity index (χ4v) is 5.44. The molecule has 0 aliphatic carbocycles. The van der Waals surface area contributed by atoms with Gasteiger partial charge in [0.1, 0.15) is 11.5 Å². The van der Waals surface area contributed by atoms with E-state index in [-0.39, 0.29) is 60.2 Å². The fraction of sp³-hybridized carbons (Fsp3) is 0.250. The molecule has 0 radical (unpaired) electrons. The van der Waals surface area contributed by atoms with E-state index >= 15 is 0 Å². The second kappa shape index (κ2) is 12.6. The summed E-state index contributed by atoms with van der Waals surface area (Å²) >= 11 is 5.62. The van der Waals surface area contributed by atoms with Gasteiger partial charge in [-0.3, -0.25) is 19.1 Å². The smallest absolute Gasteiger partial charge is 0.276 e. The van der Waals surface area contributed by atoms with Crippen molar-refractivity contribution in [1.29, 1.82) is 0 Å². The summed E-state index contributed by atoms with van der Waals surface area (Å²) in [5, 5.41) is 7.68. The van der Waals surface area contributed by atoms with Crippen molar-refractivity contribution in [2.45, 2.75) is 39.3 Å². The zero-order chi connectivity index (χ0) is 29.8. The van der Waals surface area contributed by atoms with Gasteiger partial charge in [-0.2, -0.15) is 5.10 Å². The number of hydrogen-bond donors (Lipinski definition) is 2. The lowest BCUT2D eigenvalue weighted by Crippen LogP contribution is -2.38. The number of rotatable bonds is 9. The number of amides is 2. The van der Waals surface area contributed by atoms with Crippen molar-refractivity contribution in [3.63, 3.8) is 0 Å². The Bertz CT molecular complexity index is 1660. The summed E-state index contributed by atoms with van der Waals surface area (Å²) in [5.41, 5.74) is 4.85. The van der Waals surface area contributed by atoms with Crippen molar-refractivity contribution in [1.82, 2.24) is 19.7 Å². The van der Waals surface area contributed by atoms with Gasteiger partial charge in [-0.1, -0.05) is 37.3 Å². The number of hydrogen-bond acceptors (Lipinski definition) is 4. The highest BCUT2D eigenvalue weighted by Crippen LogP contribution is 2.32. The highest BCUT2D eigenvalue weighted by Gasteiger charge is 2.34. The molecule has 0 saturated heterocycles.